The van der Waals surface area contributed by atoms with Gasteiger partial charge in [-0.25, -0.2) is 0 Å². The van der Waals surface area contributed by atoms with Gasteiger partial charge in [-0.3, -0.25) is 9.59 Å². The van der Waals surface area contributed by atoms with E-state index in [1.165, 1.54) is 12.8 Å². The van der Waals surface area contributed by atoms with Crippen LogP contribution in [0.3, 0.4) is 0 Å². The Bertz CT molecular complexity index is 387. The summed E-state index contributed by atoms with van der Waals surface area (Å²) in [5, 5.41) is 2.94. The summed E-state index contributed by atoms with van der Waals surface area (Å²) in [7, 11) is 2.08. The first-order valence-corrected chi connectivity index (χ1v) is 7.89. The molecule has 2 atom stereocenters. The summed E-state index contributed by atoms with van der Waals surface area (Å²) in [6, 6.07) is 0. The van der Waals surface area contributed by atoms with Gasteiger partial charge >= 0.3 is 0 Å². The van der Waals surface area contributed by atoms with Crippen LogP contribution in [-0.2, 0) is 9.59 Å². The van der Waals surface area contributed by atoms with Crippen LogP contribution in [0.25, 0.3) is 0 Å². The molecule has 1 aliphatic heterocycles. The number of nitrogens with one attached hydrogen (secondary N) is 1. The molecule has 3 aliphatic rings. The van der Waals surface area contributed by atoms with Crippen molar-refractivity contribution in [3.63, 3.8) is 0 Å². The number of carbonyl (C=O) groups excluding carboxylic acids is 2. The van der Waals surface area contributed by atoms with E-state index in [4.69, 9.17) is 0 Å². The lowest BCUT2D eigenvalue weighted by Gasteiger charge is -2.32. The van der Waals surface area contributed by atoms with Crippen molar-refractivity contribution in [2.24, 2.45) is 17.8 Å². The smallest absolute Gasteiger partial charge is 0.224 e. The lowest BCUT2D eigenvalue weighted by atomic mass is 10.2. The fraction of sp³-hybridized carbons (Fsp3) is 0.867. The van der Waals surface area contributed by atoms with Crippen molar-refractivity contribution < 1.29 is 9.59 Å². The standard InChI is InChI=1S/C15H25N3O2/c1-17-6-8-18(9-7-17)14(19)4-5-16-15(20)13-10-12(13)11-2-3-11/h11-13H,2-10H2,1H3,(H,16,20)/t12-,13+/m1/s1. The third kappa shape index (κ3) is 3.32. The molecule has 3 fully saturated rings. The molecule has 20 heavy (non-hydrogen) atoms. The molecule has 0 aromatic heterocycles. The van der Waals surface area contributed by atoms with Crippen LogP contribution in [0.4, 0.5) is 0 Å². The Morgan fingerprint density at radius 1 is 1.15 bits per heavy atom. The first kappa shape index (κ1) is 13.9. The number of likely N-dealkylation sites (N-methyl/N-ethyl adjacent to an activating group) is 1. The molecule has 2 aliphatic carbocycles. The average Bonchev–Trinajstić information content (AvgIpc) is 3.28. The van der Waals surface area contributed by atoms with E-state index in [1.807, 2.05) is 4.90 Å². The van der Waals surface area contributed by atoms with Gasteiger partial charge in [-0.15, -0.1) is 0 Å². The molecule has 0 aromatic rings. The van der Waals surface area contributed by atoms with Crippen LogP contribution in [0.1, 0.15) is 25.7 Å². The van der Waals surface area contributed by atoms with E-state index in [2.05, 4.69) is 17.3 Å². The number of carbonyl (C=O) groups is 2. The highest BCUT2D eigenvalue weighted by atomic mass is 16.2. The molecular weight excluding hydrogens is 254 g/mol. The highest BCUT2D eigenvalue weighted by Gasteiger charge is 2.50. The minimum absolute atomic E-state index is 0.174. The van der Waals surface area contributed by atoms with E-state index in [9.17, 15) is 9.59 Å². The van der Waals surface area contributed by atoms with Crippen molar-refractivity contribution in [3.05, 3.63) is 0 Å². The zero-order valence-corrected chi connectivity index (χ0v) is 12.3. The van der Waals surface area contributed by atoms with Crippen LogP contribution >= 0.6 is 0 Å². The zero-order valence-electron chi connectivity index (χ0n) is 12.3. The van der Waals surface area contributed by atoms with Crippen LogP contribution in [-0.4, -0.2) is 61.4 Å². The second kappa shape index (κ2) is 5.72. The normalized spacial score (nSPS) is 30.1. The first-order valence-electron chi connectivity index (χ1n) is 7.89. The van der Waals surface area contributed by atoms with Gasteiger partial charge in [0, 0.05) is 45.1 Å². The van der Waals surface area contributed by atoms with Gasteiger partial charge in [-0.2, -0.15) is 0 Å². The maximum absolute atomic E-state index is 12.0. The minimum atomic E-state index is 0.174. The van der Waals surface area contributed by atoms with E-state index < -0.39 is 0 Å². The Balaban J connectivity index is 1.31. The Morgan fingerprint density at radius 3 is 2.50 bits per heavy atom. The molecule has 5 heteroatoms. The average molecular weight is 279 g/mol. The highest BCUT2D eigenvalue weighted by molar-refractivity contribution is 5.82. The van der Waals surface area contributed by atoms with Gasteiger partial charge in [0.15, 0.2) is 0 Å². The number of amides is 2. The molecule has 2 saturated carbocycles. The van der Waals surface area contributed by atoms with Gasteiger partial charge in [-0.1, -0.05) is 0 Å². The monoisotopic (exact) mass is 279 g/mol. The van der Waals surface area contributed by atoms with Crippen LogP contribution < -0.4 is 5.32 Å². The summed E-state index contributed by atoms with van der Waals surface area (Å²) in [5.41, 5.74) is 0. The molecule has 0 bridgehead atoms. The Hall–Kier alpha value is -1.10. The molecule has 5 nitrogen and oxygen atoms in total. The van der Waals surface area contributed by atoms with E-state index >= 15 is 0 Å². The van der Waals surface area contributed by atoms with Gasteiger partial charge in [0.05, 0.1) is 0 Å². The maximum Gasteiger partial charge on any atom is 0.224 e. The third-order valence-electron chi connectivity index (χ3n) is 4.90. The molecule has 112 valence electrons. The predicted molar refractivity (Wildman–Crippen MR) is 76.0 cm³/mol. The molecule has 0 aromatic carbocycles. The van der Waals surface area contributed by atoms with Gasteiger partial charge in [0.25, 0.3) is 0 Å². The molecule has 1 heterocycles. The van der Waals surface area contributed by atoms with Crippen LogP contribution in [0.15, 0.2) is 0 Å². The van der Waals surface area contributed by atoms with E-state index in [0.29, 0.717) is 18.9 Å². The number of nitrogens with zero attached hydrogens (tertiary/aromatic N) is 2. The van der Waals surface area contributed by atoms with Crippen LogP contribution in [0.5, 0.6) is 0 Å². The highest BCUT2D eigenvalue weighted by Crippen LogP contribution is 2.54. The SMILES string of the molecule is CN1CCN(C(=O)CCNC(=O)[C@H]2C[C@@H]2C2CC2)CC1. The summed E-state index contributed by atoms with van der Waals surface area (Å²) in [5.74, 6) is 2.09. The van der Waals surface area contributed by atoms with Crippen molar-refractivity contribution >= 4 is 11.8 Å². The Labute approximate surface area is 120 Å². The van der Waals surface area contributed by atoms with Crippen molar-refractivity contribution in [2.75, 3.05) is 39.8 Å². The second-order valence-corrected chi connectivity index (χ2v) is 6.57. The molecule has 3 rings (SSSR count). The van der Waals surface area contributed by atoms with Crippen molar-refractivity contribution in [1.29, 1.82) is 0 Å². The van der Waals surface area contributed by atoms with E-state index in [0.717, 1.165) is 38.5 Å². The number of hydrogen-bond acceptors (Lipinski definition) is 3. The summed E-state index contributed by atoms with van der Waals surface area (Å²) < 4.78 is 0. The number of hydrogen-bond donors (Lipinski definition) is 1. The van der Waals surface area contributed by atoms with E-state index in [1.54, 1.807) is 0 Å². The zero-order chi connectivity index (χ0) is 14.1. The fourth-order valence-corrected chi connectivity index (χ4v) is 3.20. The number of rotatable bonds is 5. The second-order valence-electron chi connectivity index (χ2n) is 6.57. The largest absolute Gasteiger partial charge is 0.355 e. The lowest BCUT2D eigenvalue weighted by Crippen LogP contribution is -2.47. The van der Waals surface area contributed by atoms with Crippen LogP contribution in [0, 0.1) is 17.8 Å². The quantitative estimate of drug-likeness (QED) is 0.788. The summed E-state index contributed by atoms with van der Waals surface area (Å²) in [6.45, 7) is 4.02. The maximum atomic E-state index is 12.0. The predicted octanol–water partition coefficient (Wildman–Crippen LogP) is 0.313. The molecule has 0 unspecified atom stereocenters. The van der Waals surface area contributed by atoms with Gasteiger partial charge in [0.1, 0.15) is 0 Å². The van der Waals surface area contributed by atoms with Crippen molar-refractivity contribution in [1.82, 2.24) is 15.1 Å². The molecule has 1 N–H and O–H groups in total. The first-order chi connectivity index (χ1) is 9.65. The third-order valence-corrected chi connectivity index (χ3v) is 4.90. The summed E-state index contributed by atoms with van der Waals surface area (Å²) in [4.78, 5) is 28.1. The minimum Gasteiger partial charge on any atom is -0.355 e. The Kier molecular flexibility index (Phi) is 3.96. The Morgan fingerprint density at radius 2 is 1.85 bits per heavy atom. The van der Waals surface area contributed by atoms with Gasteiger partial charge < -0.3 is 15.1 Å². The van der Waals surface area contributed by atoms with Crippen molar-refractivity contribution in [3.8, 4) is 0 Å². The van der Waals surface area contributed by atoms with Crippen molar-refractivity contribution in [2.45, 2.75) is 25.7 Å². The fourth-order valence-electron chi connectivity index (χ4n) is 3.20. The molecule has 0 spiro atoms. The van der Waals surface area contributed by atoms with Gasteiger partial charge in [0.2, 0.25) is 11.8 Å². The summed E-state index contributed by atoms with van der Waals surface area (Å²) in [6.07, 6.45) is 4.14. The molecular formula is C15H25N3O2. The van der Waals surface area contributed by atoms with Gasteiger partial charge in [-0.05, 0) is 38.1 Å². The summed E-state index contributed by atoms with van der Waals surface area (Å²) >= 11 is 0. The lowest BCUT2D eigenvalue weighted by molar-refractivity contribution is -0.132. The molecule has 0 radical (unpaired) electrons. The molecule has 1 saturated heterocycles. The molecule has 2 amide bonds. The number of piperazine rings is 1. The van der Waals surface area contributed by atoms with Crippen LogP contribution in [0.2, 0.25) is 0 Å². The topological polar surface area (TPSA) is 52.6 Å². The van der Waals surface area contributed by atoms with E-state index in [-0.39, 0.29) is 17.7 Å².